The average Bonchev–Trinajstić information content (AvgIpc) is 2.92. The van der Waals surface area contributed by atoms with Crippen LogP contribution < -0.4 is 0 Å². The van der Waals surface area contributed by atoms with Gasteiger partial charge in [-0.1, -0.05) is 0 Å². The van der Waals surface area contributed by atoms with Gasteiger partial charge in [0, 0.05) is 0 Å². The van der Waals surface area contributed by atoms with Crippen LogP contribution in [0, 0.1) is 0 Å². The van der Waals surface area contributed by atoms with Gasteiger partial charge in [-0.05, 0) is 64.7 Å². The Morgan fingerprint density at radius 2 is 1.50 bits per heavy atom. The van der Waals surface area contributed by atoms with Gasteiger partial charge in [-0.3, -0.25) is 0 Å². The van der Waals surface area contributed by atoms with E-state index in [1.165, 1.54) is 0 Å². The first-order valence-electron chi connectivity index (χ1n) is 7.60. The maximum absolute atomic E-state index is 9.88. The normalized spacial score (nSPS) is 21.9. The van der Waals surface area contributed by atoms with Gasteiger partial charge in [-0.25, -0.2) is 0 Å². The Morgan fingerprint density at radius 3 is 1.85 bits per heavy atom. The van der Waals surface area contributed by atoms with E-state index >= 15 is 0 Å². The standard InChI is InChI=1S/C13H32O4Si3/c1-18(2,3)16-20(7,17-19(4,5)6)10-8-9-12(14)13-11-15-13/h12-14H,8-11H2,1-7H3. The molecule has 1 rings (SSSR count). The van der Waals surface area contributed by atoms with E-state index in [0.717, 1.165) is 18.9 Å². The average molecular weight is 337 g/mol. The molecule has 0 radical (unpaired) electrons. The van der Waals surface area contributed by atoms with Crippen molar-refractivity contribution < 1.29 is 18.1 Å². The molecule has 1 heterocycles. The maximum Gasteiger partial charge on any atom is 0.314 e. The van der Waals surface area contributed by atoms with Crippen LogP contribution >= 0.6 is 0 Å². The van der Waals surface area contributed by atoms with Gasteiger partial charge in [0.15, 0.2) is 16.6 Å². The molecule has 20 heavy (non-hydrogen) atoms. The van der Waals surface area contributed by atoms with Gasteiger partial charge < -0.3 is 18.1 Å². The summed E-state index contributed by atoms with van der Waals surface area (Å²) in [6, 6.07) is 0.964. The van der Waals surface area contributed by atoms with Crippen molar-refractivity contribution >= 4 is 25.2 Å². The minimum Gasteiger partial charge on any atom is -0.437 e. The highest BCUT2D eigenvalue weighted by molar-refractivity contribution is 6.87. The van der Waals surface area contributed by atoms with Crippen LogP contribution in [-0.4, -0.2) is 49.1 Å². The van der Waals surface area contributed by atoms with Crippen molar-refractivity contribution in [2.45, 2.75) is 76.9 Å². The van der Waals surface area contributed by atoms with Gasteiger partial charge in [0.25, 0.3) is 0 Å². The first-order chi connectivity index (χ1) is 8.90. The lowest BCUT2D eigenvalue weighted by molar-refractivity contribution is 0.125. The molecule has 0 aromatic heterocycles. The molecule has 1 aliphatic heterocycles. The Kier molecular flexibility index (Phi) is 6.23. The number of aliphatic hydroxyl groups excluding tert-OH is 1. The Balaban J connectivity index is 2.52. The van der Waals surface area contributed by atoms with Crippen LogP contribution in [-0.2, 0) is 13.0 Å². The summed E-state index contributed by atoms with van der Waals surface area (Å²) in [4.78, 5) is 0. The second-order valence-corrected chi connectivity index (χ2v) is 20.7. The number of aliphatic hydroxyl groups is 1. The molecular formula is C13H32O4Si3. The topological polar surface area (TPSA) is 51.2 Å². The molecule has 0 bridgehead atoms. The molecule has 1 aliphatic rings. The molecule has 1 N–H and O–H groups in total. The van der Waals surface area contributed by atoms with E-state index in [2.05, 4.69) is 45.8 Å². The third-order valence-electron chi connectivity index (χ3n) is 2.96. The summed E-state index contributed by atoms with van der Waals surface area (Å²) in [7, 11) is -5.34. The van der Waals surface area contributed by atoms with Crippen LogP contribution in [0.15, 0.2) is 0 Å². The molecule has 0 saturated carbocycles. The minimum atomic E-state index is -2.13. The van der Waals surface area contributed by atoms with Crippen molar-refractivity contribution in [1.29, 1.82) is 0 Å². The van der Waals surface area contributed by atoms with Crippen molar-refractivity contribution in [2.24, 2.45) is 0 Å². The summed E-state index contributed by atoms with van der Waals surface area (Å²) in [6.07, 6.45) is 1.52. The second kappa shape index (κ2) is 6.72. The highest BCUT2D eigenvalue weighted by atomic mass is 28.5. The number of hydrogen-bond acceptors (Lipinski definition) is 4. The van der Waals surface area contributed by atoms with Crippen molar-refractivity contribution in [2.75, 3.05) is 6.61 Å². The summed E-state index contributed by atoms with van der Waals surface area (Å²) < 4.78 is 18.0. The minimum absolute atomic E-state index is 0.0822. The van der Waals surface area contributed by atoms with Crippen LogP contribution in [0.1, 0.15) is 12.8 Å². The fourth-order valence-corrected chi connectivity index (χ4v) is 15.1. The third-order valence-corrected chi connectivity index (χ3v) is 12.6. The number of epoxide rings is 1. The zero-order chi connectivity index (χ0) is 15.6. The first kappa shape index (κ1) is 18.5. The quantitative estimate of drug-likeness (QED) is 0.518. The molecule has 0 amide bonds. The maximum atomic E-state index is 9.88. The molecule has 0 aromatic rings. The van der Waals surface area contributed by atoms with Gasteiger partial charge in [-0.15, -0.1) is 0 Å². The van der Waals surface area contributed by atoms with Crippen molar-refractivity contribution in [3.05, 3.63) is 0 Å². The fourth-order valence-electron chi connectivity index (χ4n) is 2.51. The largest absolute Gasteiger partial charge is 0.437 e. The van der Waals surface area contributed by atoms with E-state index in [4.69, 9.17) is 13.0 Å². The Hall–Kier alpha value is 0.491. The summed E-state index contributed by atoms with van der Waals surface area (Å²) in [5, 5.41) is 9.88. The molecule has 0 spiro atoms. The molecule has 0 aromatic carbocycles. The van der Waals surface area contributed by atoms with E-state index in [-0.39, 0.29) is 12.2 Å². The zero-order valence-electron chi connectivity index (χ0n) is 14.2. The van der Waals surface area contributed by atoms with Gasteiger partial charge >= 0.3 is 8.56 Å². The van der Waals surface area contributed by atoms with Crippen LogP contribution in [0.5, 0.6) is 0 Å². The van der Waals surface area contributed by atoms with Crippen molar-refractivity contribution in [3.63, 3.8) is 0 Å². The van der Waals surface area contributed by atoms with Crippen molar-refractivity contribution in [3.8, 4) is 0 Å². The smallest absolute Gasteiger partial charge is 0.314 e. The number of hydrogen-bond donors (Lipinski definition) is 1. The molecule has 1 saturated heterocycles. The van der Waals surface area contributed by atoms with Crippen molar-refractivity contribution in [1.82, 2.24) is 0 Å². The second-order valence-electron chi connectivity index (χ2n) is 7.89. The molecule has 1 fully saturated rings. The van der Waals surface area contributed by atoms with Crippen LogP contribution in [0.25, 0.3) is 0 Å². The Bertz CT molecular complexity index is 292. The lowest BCUT2D eigenvalue weighted by atomic mass is 10.2. The molecule has 120 valence electrons. The zero-order valence-corrected chi connectivity index (χ0v) is 17.2. The van der Waals surface area contributed by atoms with Crippen LogP contribution in [0.2, 0.25) is 51.9 Å². The van der Waals surface area contributed by atoms with Gasteiger partial charge in [0.2, 0.25) is 0 Å². The molecule has 0 aliphatic carbocycles. The van der Waals surface area contributed by atoms with E-state index in [9.17, 15) is 5.11 Å². The summed E-state index contributed by atoms with van der Waals surface area (Å²) in [6.45, 7) is 16.2. The van der Waals surface area contributed by atoms with E-state index in [1.807, 2.05) is 0 Å². The molecular weight excluding hydrogens is 304 g/mol. The van der Waals surface area contributed by atoms with Crippen LogP contribution in [0.3, 0.4) is 0 Å². The lowest BCUT2D eigenvalue weighted by Gasteiger charge is -2.38. The third kappa shape index (κ3) is 8.06. The summed E-state index contributed by atoms with van der Waals surface area (Å²) >= 11 is 0. The SMILES string of the molecule is C[Si](C)(C)O[Si](C)(CCCC(O)C1CO1)O[Si](C)(C)C. The van der Waals surface area contributed by atoms with E-state index in [1.54, 1.807) is 0 Å². The molecule has 2 atom stereocenters. The molecule has 2 unspecified atom stereocenters. The predicted octanol–water partition coefficient (Wildman–Crippen LogP) is 3.30. The number of ether oxygens (including phenoxy) is 1. The molecule has 4 nitrogen and oxygen atoms in total. The fraction of sp³-hybridized carbons (Fsp3) is 1.00. The summed E-state index contributed by atoms with van der Waals surface area (Å²) in [5.74, 6) is 0. The lowest BCUT2D eigenvalue weighted by Crippen LogP contribution is -2.52. The van der Waals surface area contributed by atoms with E-state index in [0.29, 0.717) is 6.61 Å². The summed E-state index contributed by atoms with van der Waals surface area (Å²) in [5.41, 5.74) is 0. The van der Waals surface area contributed by atoms with Gasteiger partial charge in [0.05, 0.1) is 12.7 Å². The Labute approximate surface area is 127 Å². The van der Waals surface area contributed by atoms with Crippen LogP contribution in [0.4, 0.5) is 0 Å². The predicted molar refractivity (Wildman–Crippen MR) is 90.3 cm³/mol. The van der Waals surface area contributed by atoms with Gasteiger partial charge in [0.1, 0.15) is 6.10 Å². The monoisotopic (exact) mass is 336 g/mol. The Morgan fingerprint density at radius 1 is 1.05 bits per heavy atom. The number of rotatable bonds is 9. The highest BCUT2D eigenvalue weighted by Crippen LogP contribution is 2.27. The first-order valence-corrected chi connectivity index (χ1v) is 16.9. The van der Waals surface area contributed by atoms with Gasteiger partial charge in [-0.2, -0.15) is 0 Å². The van der Waals surface area contributed by atoms with E-state index < -0.39 is 25.2 Å². The molecule has 7 heteroatoms. The highest BCUT2D eigenvalue weighted by Gasteiger charge is 2.40.